The van der Waals surface area contributed by atoms with E-state index in [2.05, 4.69) is 44.4 Å². The third-order valence-corrected chi connectivity index (χ3v) is 5.14. The summed E-state index contributed by atoms with van der Waals surface area (Å²) in [5, 5.41) is 0. The summed E-state index contributed by atoms with van der Waals surface area (Å²) in [4.78, 5) is 6.52. The molecule has 0 bridgehead atoms. The number of anilines is 2. The maximum Gasteiger partial charge on any atom is 0.263 e. The molecule has 1 heterocycles. The smallest absolute Gasteiger partial charge is 0.263 e. The second kappa shape index (κ2) is 7.11. The van der Waals surface area contributed by atoms with E-state index in [0.29, 0.717) is 5.82 Å². The first kappa shape index (κ1) is 16.8. The number of nitrogens with zero attached hydrogens (tertiary/aromatic N) is 2. The average molecular weight is 384 g/mol. The van der Waals surface area contributed by atoms with E-state index >= 15 is 0 Å². The molecule has 5 nitrogen and oxygen atoms in total. The maximum absolute atomic E-state index is 12.3. The predicted octanol–water partition coefficient (Wildman–Crippen LogP) is 3.49. The minimum Gasteiger partial charge on any atom is -0.371 e. The van der Waals surface area contributed by atoms with Crippen molar-refractivity contribution in [2.24, 2.45) is 0 Å². The quantitative estimate of drug-likeness (QED) is 0.828. The summed E-state index contributed by atoms with van der Waals surface area (Å²) in [5.41, 5.74) is 0.969. The second-order valence-corrected chi connectivity index (χ2v) is 7.23. The van der Waals surface area contributed by atoms with Gasteiger partial charge in [0, 0.05) is 17.6 Å². The van der Waals surface area contributed by atoms with Crippen LogP contribution in [0.3, 0.4) is 0 Å². The van der Waals surface area contributed by atoms with Gasteiger partial charge in [0.2, 0.25) is 0 Å². The molecule has 0 saturated carbocycles. The molecule has 1 aromatic heterocycles. The molecule has 2 rings (SSSR count). The molecule has 0 saturated heterocycles. The topological polar surface area (TPSA) is 62.3 Å². The number of aromatic nitrogens is 1. The Morgan fingerprint density at radius 3 is 2.23 bits per heavy atom. The van der Waals surface area contributed by atoms with Gasteiger partial charge in [0.05, 0.1) is 16.8 Å². The largest absolute Gasteiger partial charge is 0.371 e. The van der Waals surface area contributed by atoms with Crippen molar-refractivity contribution in [2.45, 2.75) is 18.7 Å². The molecule has 0 fully saturated rings. The fourth-order valence-electron chi connectivity index (χ4n) is 2.03. The van der Waals surface area contributed by atoms with Gasteiger partial charge in [-0.05, 0) is 50.2 Å². The lowest BCUT2D eigenvalue weighted by atomic mass is 10.3. The lowest BCUT2D eigenvalue weighted by Crippen LogP contribution is -2.22. The Morgan fingerprint density at radius 2 is 1.73 bits per heavy atom. The lowest BCUT2D eigenvalue weighted by Gasteiger charge is -2.20. The van der Waals surface area contributed by atoms with E-state index in [1.807, 2.05) is 6.07 Å². The van der Waals surface area contributed by atoms with Crippen LogP contribution in [0.2, 0.25) is 0 Å². The van der Waals surface area contributed by atoms with E-state index < -0.39 is 10.0 Å². The molecular weight excluding hydrogens is 366 g/mol. The van der Waals surface area contributed by atoms with Crippen LogP contribution >= 0.6 is 15.9 Å². The van der Waals surface area contributed by atoms with Crippen molar-refractivity contribution in [2.75, 3.05) is 22.7 Å². The van der Waals surface area contributed by atoms with Crippen molar-refractivity contribution < 1.29 is 8.42 Å². The molecule has 7 heteroatoms. The summed E-state index contributed by atoms with van der Waals surface area (Å²) < 4.78 is 27.8. The molecule has 0 radical (unpaired) electrons. The number of hydrogen-bond acceptors (Lipinski definition) is 4. The molecule has 22 heavy (non-hydrogen) atoms. The summed E-state index contributed by atoms with van der Waals surface area (Å²) in [5.74, 6) is 0.304. The summed E-state index contributed by atoms with van der Waals surface area (Å²) in [7, 11) is -3.62. The van der Waals surface area contributed by atoms with E-state index in [-0.39, 0.29) is 4.90 Å². The van der Waals surface area contributed by atoms with Gasteiger partial charge in [0.1, 0.15) is 5.82 Å². The van der Waals surface area contributed by atoms with Crippen molar-refractivity contribution in [3.63, 3.8) is 0 Å². The molecule has 0 spiro atoms. The first-order valence-corrected chi connectivity index (χ1v) is 9.23. The molecule has 2 aromatic rings. The highest BCUT2D eigenvalue weighted by atomic mass is 79.9. The van der Waals surface area contributed by atoms with Gasteiger partial charge in [0.15, 0.2) is 0 Å². The predicted molar refractivity (Wildman–Crippen MR) is 92.7 cm³/mol. The van der Waals surface area contributed by atoms with Crippen molar-refractivity contribution in [3.8, 4) is 0 Å². The zero-order chi connectivity index (χ0) is 16.2. The Kier molecular flexibility index (Phi) is 5.42. The summed E-state index contributed by atoms with van der Waals surface area (Å²) >= 11 is 3.28. The number of sulfonamides is 1. The van der Waals surface area contributed by atoms with Gasteiger partial charge < -0.3 is 4.90 Å². The molecule has 0 aliphatic carbocycles. The number of hydrogen-bond donors (Lipinski definition) is 1. The molecule has 1 N–H and O–H groups in total. The molecule has 0 unspecified atom stereocenters. The van der Waals surface area contributed by atoms with Gasteiger partial charge in [-0.25, -0.2) is 13.4 Å². The third-order valence-electron chi connectivity index (χ3n) is 3.24. The van der Waals surface area contributed by atoms with Gasteiger partial charge in [-0.2, -0.15) is 0 Å². The maximum atomic E-state index is 12.3. The van der Waals surface area contributed by atoms with Crippen LogP contribution in [0.15, 0.2) is 52.0 Å². The Labute approximate surface area is 139 Å². The van der Waals surface area contributed by atoms with Crippen LogP contribution < -0.4 is 9.62 Å². The molecule has 0 aliphatic rings. The number of pyridine rings is 1. The lowest BCUT2D eigenvalue weighted by molar-refractivity contribution is 0.601. The Balaban J connectivity index is 2.18. The molecule has 1 aromatic carbocycles. The Bertz CT molecular complexity index is 711. The van der Waals surface area contributed by atoms with E-state index in [1.165, 1.54) is 12.1 Å². The van der Waals surface area contributed by atoms with Gasteiger partial charge in [-0.3, -0.25) is 4.72 Å². The molecule has 0 amide bonds. The monoisotopic (exact) mass is 383 g/mol. The fourth-order valence-corrected chi connectivity index (χ4v) is 3.31. The normalized spacial score (nSPS) is 11.2. The summed E-state index contributed by atoms with van der Waals surface area (Å²) in [6, 6.07) is 9.98. The van der Waals surface area contributed by atoms with E-state index in [1.54, 1.807) is 24.4 Å². The standard InChI is InChI=1S/C15H18BrN3O2S/c1-3-19(4-2)13-7-10-15(17-11-13)18-22(20,21)14-8-5-12(16)6-9-14/h5-11H,3-4H2,1-2H3,(H,17,18). The minimum absolute atomic E-state index is 0.199. The van der Waals surface area contributed by atoms with Crippen molar-refractivity contribution in [3.05, 3.63) is 47.1 Å². The zero-order valence-corrected chi connectivity index (χ0v) is 14.9. The highest BCUT2D eigenvalue weighted by Gasteiger charge is 2.14. The number of halogens is 1. The highest BCUT2D eigenvalue weighted by Crippen LogP contribution is 2.19. The van der Waals surface area contributed by atoms with E-state index in [9.17, 15) is 8.42 Å². The van der Waals surface area contributed by atoms with Gasteiger partial charge in [0.25, 0.3) is 10.0 Å². The molecule has 0 atom stereocenters. The number of rotatable bonds is 6. The second-order valence-electron chi connectivity index (χ2n) is 4.63. The van der Waals surface area contributed by atoms with Crippen molar-refractivity contribution in [1.82, 2.24) is 4.98 Å². The Morgan fingerprint density at radius 1 is 1.09 bits per heavy atom. The summed E-state index contributed by atoms with van der Waals surface area (Å²) in [6.07, 6.45) is 1.67. The van der Waals surface area contributed by atoms with Gasteiger partial charge >= 0.3 is 0 Å². The fraction of sp³-hybridized carbons (Fsp3) is 0.267. The first-order chi connectivity index (χ1) is 10.5. The van der Waals surface area contributed by atoms with Gasteiger partial charge in [-0.15, -0.1) is 0 Å². The third kappa shape index (κ3) is 3.98. The molecule has 0 aliphatic heterocycles. The van der Waals surface area contributed by atoms with Crippen LogP contribution in [0.4, 0.5) is 11.5 Å². The van der Waals surface area contributed by atoms with E-state index in [0.717, 1.165) is 23.2 Å². The van der Waals surface area contributed by atoms with Crippen LogP contribution in [-0.2, 0) is 10.0 Å². The first-order valence-electron chi connectivity index (χ1n) is 6.95. The van der Waals surface area contributed by atoms with Crippen LogP contribution in [0.1, 0.15) is 13.8 Å². The number of nitrogens with one attached hydrogen (secondary N) is 1. The highest BCUT2D eigenvalue weighted by molar-refractivity contribution is 9.10. The van der Waals surface area contributed by atoms with Crippen LogP contribution in [0, 0.1) is 0 Å². The van der Waals surface area contributed by atoms with E-state index in [4.69, 9.17) is 0 Å². The van der Waals surface area contributed by atoms with Crippen LogP contribution in [-0.4, -0.2) is 26.5 Å². The summed E-state index contributed by atoms with van der Waals surface area (Å²) in [6.45, 7) is 5.88. The average Bonchev–Trinajstić information content (AvgIpc) is 2.50. The number of benzene rings is 1. The molecular formula is C15H18BrN3O2S. The SMILES string of the molecule is CCN(CC)c1ccc(NS(=O)(=O)c2ccc(Br)cc2)nc1. The molecule has 118 valence electrons. The Hall–Kier alpha value is -1.60. The zero-order valence-electron chi connectivity index (χ0n) is 12.5. The van der Waals surface area contributed by atoms with Gasteiger partial charge in [-0.1, -0.05) is 15.9 Å². The van der Waals surface area contributed by atoms with Crippen molar-refractivity contribution in [1.29, 1.82) is 0 Å². The van der Waals surface area contributed by atoms with Crippen LogP contribution in [0.25, 0.3) is 0 Å². The minimum atomic E-state index is -3.62. The van der Waals surface area contributed by atoms with Crippen molar-refractivity contribution >= 4 is 37.5 Å². The van der Waals surface area contributed by atoms with Crippen LogP contribution in [0.5, 0.6) is 0 Å².